The molecular weight excluding hydrogens is 241 g/mol. The molecular formula is C14H24BNO3. The minimum atomic E-state index is -1.05. The summed E-state index contributed by atoms with van der Waals surface area (Å²) < 4.78 is 5.58. The predicted octanol–water partition coefficient (Wildman–Crippen LogP) is 0.660. The molecule has 0 unspecified atom stereocenters. The van der Waals surface area contributed by atoms with Gasteiger partial charge in [-0.05, 0) is 45.8 Å². The van der Waals surface area contributed by atoms with E-state index in [-0.39, 0.29) is 0 Å². The van der Waals surface area contributed by atoms with E-state index in [2.05, 4.69) is 5.32 Å². The molecule has 106 valence electrons. The lowest BCUT2D eigenvalue weighted by molar-refractivity contribution is -0.0982. The Kier molecular flexibility index (Phi) is 5.15. The van der Waals surface area contributed by atoms with Crippen molar-refractivity contribution in [2.75, 3.05) is 7.05 Å². The lowest BCUT2D eigenvalue weighted by atomic mass is 9.76. The van der Waals surface area contributed by atoms with Crippen LogP contribution in [-0.4, -0.2) is 35.5 Å². The molecule has 0 aliphatic heterocycles. The molecule has 0 fully saturated rings. The maximum Gasteiger partial charge on any atom is 0.491 e. The average Bonchev–Trinajstić information content (AvgIpc) is 2.28. The van der Waals surface area contributed by atoms with Gasteiger partial charge in [0.05, 0.1) is 11.2 Å². The molecule has 0 spiro atoms. The highest BCUT2D eigenvalue weighted by atomic mass is 16.5. The molecule has 0 aliphatic rings. The van der Waals surface area contributed by atoms with Gasteiger partial charge in [-0.25, -0.2) is 0 Å². The predicted molar refractivity (Wildman–Crippen MR) is 78.3 cm³/mol. The van der Waals surface area contributed by atoms with Crippen molar-refractivity contribution >= 4 is 12.6 Å². The molecule has 0 bridgehead atoms. The van der Waals surface area contributed by atoms with E-state index in [9.17, 15) is 10.1 Å². The van der Waals surface area contributed by atoms with Crippen molar-refractivity contribution in [1.29, 1.82) is 0 Å². The Labute approximate surface area is 115 Å². The summed E-state index contributed by atoms with van der Waals surface area (Å²) in [5.74, 6) is 0. The molecule has 0 amide bonds. The van der Waals surface area contributed by atoms with Gasteiger partial charge in [-0.3, -0.25) is 0 Å². The van der Waals surface area contributed by atoms with E-state index in [1.807, 2.05) is 31.3 Å². The molecule has 0 saturated heterocycles. The van der Waals surface area contributed by atoms with Gasteiger partial charge in [0, 0.05) is 6.54 Å². The van der Waals surface area contributed by atoms with Gasteiger partial charge in [-0.1, -0.05) is 24.3 Å². The molecule has 19 heavy (non-hydrogen) atoms. The number of aliphatic hydroxyl groups is 1. The van der Waals surface area contributed by atoms with E-state index < -0.39 is 18.3 Å². The molecule has 0 aliphatic carbocycles. The molecule has 1 rings (SSSR count). The SMILES string of the molecule is CNCc1ccc(B(O)OC(C)(C)C(C)(C)O)cc1. The second-order valence-electron chi connectivity index (χ2n) is 5.81. The van der Waals surface area contributed by atoms with Gasteiger partial charge >= 0.3 is 7.12 Å². The summed E-state index contributed by atoms with van der Waals surface area (Å²) in [5.41, 5.74) is -0.0757. The van der Waals surface area contributed by atoms with Gasteiger partial charge in [-0.15, -0.1) is 0 Å². The number of rotatable bonds is 6. The summed E-state index contributed by atoms with van der Waals surface area (Å²) in [7, 11) is 0.836. The van der Waals surface area contributed by atoms with E-state index in [1.165, 1.54) is 0 Å². The first-order valence-electron chi connectivity index (χ1n) is 6.49. The summed E-state index contributed by atoms with van der Waals surface area (Å²) in [6.07, 6.45) is 0. The molecule has 1 aromatic carbocycles. The first-order chi connectivity index (χ1) is 8.67. The third kappa shape index (κ3) is 4.32. The van der Waals surface area contributed by atoms with Crippen molar-refractivity contribution in [3.63, 3.8) is 0 Å². The summed E-state index contributed by atoms with van der Waals surface area (Å²) in [6.45, 7) is 7.62. The lowest BCUT2D eigenvalue weighted by Gasteiger charge is -2.38. The van der Waals surface area contributed by atoms with Crippen LogP contribution in [0.4, 0.5) is 0 Å². The Bertz CT molecular complexity index is 398. The van der Waals surface area contributed by atoms with Gasteiger partial charge in [-0.2, -0.15) is 0 Å². The van der Waals surface area contributed by atoms with Crippen LogP contribution in [0.15, 0.2) is 24.3 Å². The maximum atomic E-state index is 10.1. The highest BCUT2D eigenvalue weighted by Crippen LogP contribution is 2.25. The van der Waals surface area contributed by atoms with Gasteiger partial charge in [0.1, 0.15) is 0 Å². The standard InChI is InChI=1S/C14H24BNO3/c1-13(2,17)14(3,4)19-15(18)12-8-6-11(7-9-12)10-16-5/h6-9,16-18H,10H2,1-5H3. The van der Waals surface area contributed by atoms with Crippen molar-refractivity contribution in [2.45, 2.75) is 45.4 Å². The molecule has 1 aromatic rings. The second kappa shape index (κ2) is 6.05. The van der Waals surface area contributed by atoms with Crippen molar-refractivity contribution in [2.24, 2.45) is 0 Å². The summed E-state index contributed by atoms with van der Waals surface area (Å²) in [5, 5.41) is 23.2. The normalized spacial score (nSPS) is 12.6. The van der Waals surface area contributed by atoms with Crippen molar-refractivity contribution in [3.05, 3.63) is 29.8 Å². The van der Waals surface area contributed by atoms with Gasteiger partial charge in [0.2, 0.25) is 0 Å². The highest BCUT2D eigenvalue weighted by molar-refractivity contribution is 6.60. The molecule has 3 N–H and O–H groups in total. The van der Waals surface area contributed by atoms with Crippen LogP contribution in [0, 0.1) is 0 Å². The van der Waals surface area contributed by atoms with Crippen LogP contribution in [0.1, 0.15) is 33.3 Å². The Balaban J connectivity index is 2.75. The Morgan fingerprint density at radius 3 is 2.11 bits per heavy atom. The van der Waals surface area contributed by atoms with Gasteiger partial charge in [0.25, 0.3) is 0 Å². The summed E-state index contributed by atoms with van der Waals surface area (Å²) in [4.78, 5) is 0. The van der Waals surface area contributed by atoms with E-state index in [0.29, 0.717) is 5.46 Å². The molecule has 4 nitrogen and oxygen atoms in total. The second-order valence-corrected chi connectivity index (χ2v) is 5.81. The van der Waals surface area contributed by atoms with Crippen LogP contribution in [0.25, 0.3) is 0 Å². The van der Waals surface area contributed by atoms with E-state index in [0.717, 1.165) is 12.1 Å². The smallest absolute Gasteiger partial charge is 0.423 e. The van der Waals surface area contributed by atoms with Crippen LogP contribution in [0.3, 0.4) is 0 Å². The Morgan fingerprint density at radius 2 is 1.68 bits per heavy atom. The zero-order valence-corrected chi connectivity index (χ0v) is 12.4. The van der Waals surface area contributed by atoms with Crippen LogP contribution in [0.2, 0.25) is 0 Å². The number of benzene rings is 1. The Morgan fingerprint density at radius 1 is 1.16 bits per heavy atom. The van der Waals surface area contributed by atoms with Gasteiger partial charge in [0.15, 0.2) is 0 Å². The molecule has 0 heterocycles. The summed E-state index contributed by atoms with van der Waals surface area (Å²) in [6, 6.07) is 7.54. The fourth-order valence-corrected chi connectivity index (χ4v) is 1.50. The van der Waals surface area contributed by atoms with Crippen LogP contribution in [-0.2, 0) is 11.2 Å². The van der Waals surface area contributed by atoms with Crippen LogP contribution in [0.5, 0.6) is 0 Å². The van der Waals surface area contributed by atoms with E-state index >= 15 is 0 Å². The minimum absolute atomic E-state index is 0.678. The minimum Gasteiger partial charge on any atom is -0.423 e. The molecule has 5 heteroatoms. The molecule has 0 atom stereocenters. The fourth-order valence-electron chi connectivity index (χ4n) is 1.50. The number of nitrogens with one attached hydrogen (secondary N) is 1. The van der Waals surface area contributed by atoms with Crippen molar-refractivity contribution in [3.8, 4) is 0 Å². The van der Waals surface area contributed by atoms with E-state index in [4.69, 9.17) is 4.65 Å². The van der Waals surface area contributed by atoms with Gasteiger partial charge < -0.3 is 20.1 Å². The molecule has 0 saturated carbocycles. The highest BCUT2D eigenvalue weighted by Gasteiger charge is 2.39. The fraction of sp³-hybridized carbons (Fsp3) is 0.571. The molecule has 0 radical (unpaired) electrons. The summed E-state index contributed by atoms with van der Waals surface area (Å²) >= 11 is 0. The monoisotopic (exact) mass is 265 g/mol. The van der Waals surface area contributed by atoms with Crippen molar-refractivity contribution in [1.82, 2.24) is 5.32 Å². The van der Waals surface area contributed by atoms with E-state index in [1.54, 1.807) is 27.7 Å². The third-order valence-electron chi connectivity index (χ3n) is 3.53. The number of hydrogen-bond acceptors (Lipinski definition) is 4. The zero-order valence-electron chi connectivity index (χ0n) is 12.4. The quantitative estimate of drug-likeness (QED) is 0.661. The molecule has 0 aromatic heterocycles. The third-order valence-corrected chi connectivity index (χ3v) is 3.53. The Hall–Kier alpha value is -0.875. The zero-order chi connectivity index (χ0) is 14.7. The van der Waals surface area contributed by atoms with Crippen LogP contribution >= 0.6 is 0 Å². The lowest BCUT2D eigenvalue weighted by Crippen LogP contribution is -2.53. The van der Waals surface area contributed by atoms with Crippen LogP contribution < -0.4 is 10.8 Å². The maximum absolute atomic E-state index is 10.1. The largest absolute Gasteiger partial charge is 0.491 e. The number of hydrogen-bond donors (Lipinski definition) is 3. The first-order valence-corrected chi connectivity index (χ1v) is 6.49. The first kappa shape index (κ1) is 16.2. The topological polar surface area (TPSA) is 61.7 Å². The van der Waals surface area contributed by atoms with Crippen molar-refractivity contribution < 1.29 is 14.8 Å². The average molecular weight is 265 g/mol.